The normalized spacial score (nSPS) is 53.1. The summed E-state index contributed by atoms with van der Waals surface area (Å²) in [4.78, 5) is 0. The zero-order valence-corrected chi connectivity index (χ0v) is 9.80. The van der Waals surface area contributed by atoms with Gasteiger partial charge >= 0.3 is 0 Å². The molecule has 2 nitrogen and oxygen atoms in total. The van der Waals surface area contributed by atoms with Gasteiger partial charge in [-0.05, 0) is 25.7 Å². The predicted molar refractivity (Wildman–Crippen MR) is 56.0 cm³/mol. The van der Waals surface area contributed by atoms with Crippen molar-refractivity contribution in [3.63, 3.8) is 0 Å². The summed E-state index contributed by atoms with van der Waals surface area (Å²) in [5.41, 5.74) is 0.336. The summed E-state index contributed by atoms with van der Waals surface area (Å²) in [5.74, 6) is 0.427. The van der Waals surface area contributed by atoms with E-state index in [-0.39, 0.29) is 5.79 Å². The third-order valence-electron chi connectivity index (χ3n) is 4.49. The van der Waals surface area contributed by atoms with Crippen LogP contribution in [0.3, 0.4) is 0 Å². The summed E-state index contributed by atoms with van der Waals surface area (Å²) < 4.78 is 11.5. The molecule has 2 aliphatic rings. The van der Waals surface area contributed by atoms with Crippen LogP contribution in [0.15, 0.2) is 0 Å². The van der Waals surface area contributed by atoms with Crippen LogP contribution in [0.25, 0.3) is 0 Å². The van der Waals surface area contributed by atoms with Crippen LogP contribution >= 0.6 is 0 Å². The Morgan fingerprint density at radius 1 is 1.29 bits per heavy atom. The molecule has 1 saturated carbocycles. The van der Waals surface area contributed by atoms with E-state index in [1.165, 1.54) is 19.3 Å². The van der Waals surface area contributed by atoms with Crippen molar-refractivity contribution in [3.05, 3.63) is 0 Å². The molecule has 0 bridgehead atoms. The zero-order chi connectivity index (χ0) is 10.4. The molecule has 4 unspecified atom stereocenters. The highest BCUT2D eigenvalue weighted by atomic mass is 16.7. The molecule has 1 aliphatic heterocycles. The highest BCUT2D eigenvalue weighted by Gasteiger charge is 2.54. The Bertz CT molecular complexity index is 228. The van der Waals surface area contributed by atoms with Gasteiger partial charge in [-0.15, -0.1) is 0 Å². The minimum Gasteiger partial charge on any atom is -0.353 e. The first-order valence-electron chi connectivity index (χ1n) is 5.73. The van der Waals surface area contributed by atoms with E-state index in [2.05, 4.69) is 20.8 Å². The SMILES string of the molecule is COC1(C)CC2(C)C(C)CCCC2O1. The molecule has 1 aliphatic carbocycles. The second-order valence-corrected chi connectivity index (χ2v) is 5.46. The van der Waals surface area contributed by atoms with Crippen LogP contribution in [0.2, 0.25) is 0 Å². The fourth-order valence-electron chi connectivity index (χ4n) is 3.22. The molecule has 14 heavy (non-hydrogen) atoms. The molecule has 0 radical (unpaired) electrons. The van der Waals surface area contributed by atoms with Crippen molar-refractivity contribution >= 4 is 0 Å². The van der Waals surface area contributed by atoms with Gasteiger partial charge in [0.25, 0.3) is 0 Å². The number of fused-ring (bicyclic) bond motifs is 1. The molecule has 0 spiro atoms. The van der Waals surface area contributed by atoms with Crippen LogP contribution in [0.1, 0.15) is 46.5 Å². The highest BCUT2D eigenvalue weighted by molar-refractivity contribution is 4.99. The Morgan fingerprint density at radius 2 is 2.00 bits per heavy atom. The Morgan fingerprint density at radius 3 is 2.57 bits per heavy atom. The van der Waals surface area contributed by atoms with Gasteiger partial charge in [0.05, 0.1) is 6.10 Å². The first kappa shape index (κ1) is 10.4. The molecule has 0 amide bonds. The van der Waals surface area contributed by atoms with Gasteiger partial charge in [0.2, 0.25) is 0 Å². The van der Waals surface area contributed by atoms with Gasteiger partial charge in [-0.25, -0.2) is 0 Å². The fraction of sp³-hybridized carbons (Fsp3) is 1.00. The van der Waals surface area contributed by atoms with Crippen molar-refractivity contribution in [3.8, 4) is 0 Å². The molecule has 0 N–H and O–H groups in total. The van der Waals surface area contributed by atoms with E-state index in [0.29, 0.717) is 11.5 Å². The summed E-state index contributed by atoms with van der Waals surface area (Å²) >= 11 is 0. The molecular formula is C12H22O2. The van der Waals surface area contributed by atoms with E-state index >= 15 is 0 Å². The first-order chi connectivity index (χ1) is 6.50. The van der Waals surface area contributed by atoms with E-state index in [0.717, 1.165) is 12.3 Å². The number of hydrogen-bond acceptors (Lipinski definition) is 2. The Kier molecular flexibility index (Phi) is 2.39. The molecule has 2 rings (SSSR count). The molecular weight excluding hydrogens is 176 g/mol. The maximum Gasteiger partial charge on any atom is 0.166 e. The van der Waals surface area contributed by atoms with Gasteiger partial charge in [-0.1, -0.05) is 20.3 Å². The van der Waals surface area contributed by atoms with Gasteiger partial charge < -0.3 is 9.47 Å². The van der Waals surface area contributed by atoms with Crippen LogP contribution < -0.4 is 0 Å². The van der Waals surface area contributed by atoms with Gasteiger partial charge in [0.1, 0.15) is 0 Å². The Hall–Kier alpha value is -0.0800. The maximum atomic E-state index is 6.05. The fourth-order valence-corrected chi connectivity index (χ4v) is 3.22. The largest absolute Gasteiger partial charge is 0.353 e. The highest BCUT2D eigenvalue weighted by Crippen LogP contribution is 2.54. The quantitative estimate of drug-likeness (QED) is 0.645. The topological polar surface area (TPSA) is 18.5 Å². The molecule has 1 saturated heterocycles. The van der Waals surface area contributed by atoms with Crippen molar-refractivity contribution in [2.75, 3.05) is 7.11 Å². The summed E-state index contributed by atoms with van der Waals surface area (Å²) in [6, 6.07) is 0. The molecule has 2 heteroatoms. The monoisotopic (exact) mass is 198 g/mol. The van der Waals surface area contributed by atoms with E-state index < -0.39 is 0 Å². The molecule has 0 aromatic rings. The third kappa shape index (κ3) is 1.40. The van der Waals surface area contributed by atoms with Crippen LogP contribution in [-0.4, -0.2) is 19.0 Å². The maximum absolute atomic E-state index is 6.05. The van der Waals surface area contributed by atoms with E-state index in [1.807, 2.05) is 0 Å². The Labute approximate surface area is 87.0 Å². The molecule has 2 fully saturated rings. The van der Waals surface area contributed by atoms with E-state index in [9.17, 15) is 0 Å². The van der Waals surface area contributed by atoms with Crippen molar-refractivity contribution in [2.45, 2.75) is 58.3 Å². The molecule has 4 atom stereocenters. The summed E-state index contributed by atoms with van der Waals surface area (Å²) in [6.45, 7) is 6.80. The Balaban J connectivity index is 2.21. The number of hydrogen-bond donors (Lipinski definition) is 0. The minimum absolute atomic E-state index is 0.335. The van der Waals surface area contributed by atoms with E-state index in [1.54, 1.807) is 7.11 Å². The van der Waals surface area contributed by atoms with Gasteiger partial charge in [0, 0.05) is 18.9 Å². The molecule has 1 heterocycles. The van der Waals surface area contributed by atoms with Crippen molar-refractivity contribution < 1.29 is 9.47 Å². The lowest BCUT2D eigenvalue weighted by atomic mass is 9.65. The van der Waals surface area contributed by atoms with Crippen molar-refractivity contribution in [2.24, 2.45) is 11.3 Å². The van der Waals surface area contributed by atoms with Crippen molar-refractivity contribution in [1.82, 2.24) is 0 Å². The predicted octanol–water partition coefficient (Wildman–Crippen LogP) is 2.96. The van der Waals surface area contributed by atoms with Crippen LogP contribution in [0.4, 0.5) is 0 Å². The minimum atomic E-state index is -0.335. The van der Waals surface area contributed by atoms with Crippen LogP contribution in [0.5, 0.6) is 0 Å². The second-order valence-electron chi connectivity index (χ2n) is 5.46. The third-order valence-corrected chi connectivity index (χ3v) is 4.49. The summed E-state index contributed by atoms with van der Waals surface area (Å²) in [7, 11) is 1.76. The summed E-state index contributed by atoms with van der Waals surface area (Å²) in [5, 5.41) is 0. The number of ether oxygens (including phenoxy) is 2. The van der Waals surface area contributed by atoms with Crippen LogP contribution in [0, 0.1) is 11.3 Å². The molecule has 0 aromatic heterocycles. The number of methoxy groups -OCH3 is 1. The molecule has 0 aromatic carbocycles. The number of rotatable bonds is 1. The lowest BCUT2D eigenvalue weighted by molar-refractivity contribution is -0.202. The van der Waals surface area contributed by atoms with Crippen molar-refractivity contribution in [1.29, 1.82) is 0 Å². The lowest BCUT2D eigenvalue weighted by Gasteiger charge is -2.40. The second kappa shape index (κ2) is 3.21. The first-order valence-corrected chi connectivity index (χ1v) is 5.73. The smallest absolute Gasteiger partial charge is 0.166 e. The lowest BCUT2D eigenvalue weighted by Crippen LogP contribution is -2.37. The summed E-state index contributed by atoms with van der Waals surface area (Å²) in [6.07, 6.45) is 5.32. The average molecular weight is 198 g/mol. The van der Waals surface area contributed by atoms with E-state index in [4.69, 9.17) is 9.47 Å². The van der Waals surface area contributed by atoms with Gasteiger partial charge in [0.15, 0.2) is 5.79 Å². The van der Waals surface area contributed by atoms with Gasteiger partial charge in [-0.3, -0.25) is 0 Å². The van der Waals surface area contributed by atoms with Crippen LogP contribution in [-0.2, 0) is 9.47 Å². The molecule has 82 valence electrons. The zero-order valence-electron chi connectivity index (χ0n) is 9.80. The standard InChI is InChI=1S/C12H22O2/c1-9-6-5-7-10-11(9,2)8-12(3,13-4)14-10/h9-10H,5-8H2,1-4H3. The average Bonchev–Trinajstić information content (AvgIpc) is 2.41. The van der Waals surface area contributed by atoms with Gasteiger partial charge in [-0.2, -0.15) is 0 Å².